The molecule has 0 saturated heterocycles. The van der Waals surface area contributed by atoms with Crippen molar-refractivity contribution >= 4 is 23.2 Å². The molecule has 2 rings (SSSR count). The molecule has 2 aromatic heterocycles. The third kappa shape index (κ3) is 2.34. The van der Waals surface area contributed by atoms with Crippen LogP contribution in [0.25, 0.3) is 6.08 Å². The minimum atomic E-state index is -0.0849. The molecule has 0 atom stereocenters. The van der Waals surface area contributed by atoms with Gasteiger partial charge in [-0.05, 0) is 26.0 Å². The van der Waals surface area contributed by atoms with E-state index in [0.717, 1.165) is 17.2 Å². The molecule has 0 aliphatic carbocycles. The second kappa shape index (κ2) is 4.63. The van der Waals surface area contributed by atoms with Gasteiger partial charge < -0.3 is 4.57 Å². The van der Waals surface area contributed by atoms with Crippen LogP contribution in [-0.4, -0.2) is 20.3 Å². The van der Waals surface area contributed by atoms with Crippen LogP contribution < -0.4 is 0 Å². The molecule has 0 aliphatic heterocycles. The average molecular weight is 247 g/mol. The Morgan fingerprint density at radius 1 is 1.47 bits per heavy atom. The van der Waals surface area contributed by atoms with E-state index in [-0.39, 0.29) is 5.78 Å². The van der Waals surface area contributed by atoms with Crippen LogP contribution in [0.4, 0.5) is 0 Å². The fourth-order valence-electron chi connectivity index (χ4n) is 1.46. The van der Waals surface area contributed by atoms with E-state index in [1.54, 1.807) is 17.7 Å². The number of imidazole rings is 1. The number of carbonyl (C=O) groups excluding carboxylic acids is 1. The van der Waals surface area contributed by atoms with Gasteiger partial charge in [0, 0.05) is 24.3 Å². The summed E-state index contributed by atoms with van der Waals surface area (Å²) in [7, 11) is 1.93. The van der Waals surface area contributed by atoms with Gasteiger partial charge in [-0.15, -0.1) is 11.3 Å². The summed E-state index contributed by atoms with van der Waals surface area (Å²) in [5.41, 5.74) is 2.08. The number of ketones is 1. The molecule has 2 aromatic rings. The third-order valence-corrected chi connectivity index (χ3v) is 3.47. The number of aromatic nitrogens is 3. The van der Waals surface area contributed by atoms with Crippen molar-refractivity contribution in [3.63, 3.8) is 0 Å². The topological polar surface area (TPSA) is 47.8 Å². The maximum Gasteiger partial charge on any atom is 0.214 e. The van der Waals surface area contributed by atoms with Gasteiger partial charge in [0.2, 0.25) is 5.78 Å². The Hall–Kier alpha value is -1.75. The van der Waals surface area contributed by atoms with Crippen molar-refractivity contribution in [3.8, 4) is 0 Å². The number of carbonyl (C=O) groups is 1. The fourth-order valence-corrected chi connectivity index (χ4v) is 2.01. The normalized spacial score (nSPS) is 11.2. The van der Waals surface area contributed by atoms with E-state index >= 15 is 0 Å². The van der Waals surface area contributed by atoms with Gasteiger partial charge >= 0.3 is 0 Å². The first-order valence-electron chi connectivity index (χ1n) is 5.21. The number of thiazole rings is 1. The van der Waals surface area contributed by atoms with Crippen LogP contribution >= 0.6 is 11.3 Å². The zero-order valence-corrected chi connectivity index (χ0v) is 10.8. The van der Waals surface area contributed by atoms with Gasteiger partial charge in [-0.1, -0.05) is 0 Å². The van der Waals surface area contributed by atoms with Crippen molar-refractivity contribution in [2.75, 3.05) is 0 Å². The summed E-state index contributed by atoms with van der Waals surface area (Å²) >= 11 is 1.34. The van der Waals surface area contributed by atoms with E-state index in [0.29, 0.717) is 5.01 Å². The summed E-state index contributed by atoms with van der Waals surface area (Å²) in [6, 6.07) is 0. The number of hydrogen-bond acceptors (Lipinski definition) is 4. The highest BCUT2D eigenvalue weighted by Gasteiger charge is 2.07. The van der Waals surface area contributed by atoms with Crippen LogP contribution in [0, 0.1) is 13.8 Å². The van der Waals surface area contributed by atoms with Crippen molar-refractivity contribution in [2.45, 2.75) is 13.8 Å². The molecule has 0 spiro atoms. The Morgan fingerprint density at radius 2 is 2.24 bits per heavy atom. The summed E-state index contributed by atoms with van der Waals surface area (Å²) in [6.07, 6.45) is 4.87. The van der Waals surface area contributed by atoms with Gasteiger partial charge in [0.15, 0.2) is 5.01 Å². The molecule has 5 heteroatoms. The molecule has 2 heterocycles. The van der Waals surface area contributed by atoms with Crippen LogP contribution in [0.2, 0.25) is 0 Å². The first kappa shape index (κ1) is 11.7. The fraction of sp³-hybridized carbons (Fsp3) is 0.250. The van der Waals surface area contributed by atoms with Gasteiger partial charge in [0.1, 0.15) is 5.82 Å². The Morgan fingerprint density at radius 3 is 2.76 bits per heavy atom. The molecule has 0 aromatic carbocycles. The molecule has 0 fully saturated rings. The van der Waals surface area contributed by atoms with Crippen LogP contribution in [-0.2, 0) is 7.05 Å². The van der Waals surface area contributed by atoms with Gasteiger partial charge in [0.05, 0.1) is 5.69 Å². The molecule has 88 valence electrons. The molecule has 4 nitrogen and oxygen atoms in total. The van der Waals surface area contributed by atoms with Gasteiger partial charge in [-0.25, -0.2) is 9.97 Å². The summed E-state index contributed by atoms with van der Waals surface area (Å²) in [6.45, 7) is 3.96. The molecule has 0 bridgehead atoms. The van der Waals surface area contributed by atoms with Gasteiger partial charge in [-0.2, -0.15) is 0 Å². The highest BCUT2D eigenvalue weighted by Crippen LogP contribution is 2.11. The highest BCUT2D eigenvalue weighted by atomic mass is 32.1. The largest absolute Gasteiger partial charge is 0.332 e. The lowest BCUT2D eigenvalue weighted by Gasteiger charge is -1.97. The van der Waals surface area contributed by atoms with Crippen molar-refractivity contribution < 1.29 is 4.79 Å². The van der Waals surface area contributed by atoms with Crippen molar-refractivity contribution in [2.24, 2.45) is 7.05 Å². The summed E-state index contributed by atoms with van der Waals surface area (Å²) < 4.78 is 1.96. The molecule has 0 amide bonds. The van der Waals surface area contributed by atoms with Crippen molar-refractivity contribution in [3.05, 3.63) is 39.9 Å². The van der Waals surface area contributed by atoms with E-state index in [4.69, 9.17) is 0 Å². The monoisotopic (exact) mass is 247 g/mol. The number of rotatable bonds is 3. The predicted molar refractivity (Wildman–Crippen MR) is 68.2 cm³/mol. The minimum Gasteiger partial charge on any atom is -0.332 e. The Labute approximate surface area is 104 Å². The first-order chi connectivity index (χ1) is 8.09. The summed E-state index contributed by atoms with van der Waals surface area (Å²) in [4.78, 5) is 20.0. The van der Waals surface area contributed by atoms with E-state index in [1.165, 1.54) is 17.4 Å². The molecule has 0 N–H and O–H groups in total. The zero-order chi connectivity index (χ0) is 12.4. The van der Waals surface area contributed by atoms with E-state index in [1.807, 2.05) is 25.5 Å². The Balaban J connectivity index is 2.21. The van der Waals surface area contributed by atoms with Crippen molar-refractivity contribution in [1.82, 2.24) is 14.5 Å². The third-order valence-electron chi connectivity index (χ3n) is 2.68. The quantitative estimate of drug-likeness (QED) is 0.618. The van der Waals surface area contributed by atoms with Crippen LogP contribution in [0.1, 0.15) is 27.0 Å². The summed E-state index contributed by atoms with van der Waals surface area (Å²) in [5, 5.41) is 2.29. The Kier molecular flexibility index (Phi) is 3.19. The standard InChI is InChI=1S/C12H13N3OS/c1-8-9(2)15(3)11(14-8)5-4-10(16)12-13-6-7-17-12/h4-7H,1-3H3. The zero-order valence-electron chi connectivity index (χ0n) is 9.97. The van der Waals surface area contributed by atoms with Crippen LogP contribution in [0.5, 0.6) is 0 Å². The minimum absolute atomic E-state index is 0.0849. The van der Waals surface area contributed by atoms with Gasteiger partial charge in [0.25, 0.3) is 0 Å². The molecule has 0 radical (unpaired) electrons. The molecule has 0 saturated carbocycles. The van der Waals surface area contributed by atoms with Crippen LogP contribution in [0.3, 0.4) is 0 Å². The van der Waals surface area contributed by atoms with Gasteiger partial charge in [-0.3, -0.25) is 4.79 Å². The molecular formula is C12H13N3OS. The van der Waals surface area contributed by atoms with E-state index in [2.05, 4.69) is 9.97 Å². The molecule has 17 heavy (non-hydrogen) atoms. The smallest absolute Gasteiger partial charge is 0.214 e. The molecular weight excluding hydrogens is 234 g/mol. The van der Waals surface area contributed by atoms with Crippen molar-refractivity contribution in [1.29, 1.82) is 0 Å². The number of aryl methyl sites for hydroxylation is 1. The summed E-state index contributed by atoms with van der Waals surface area (Å²) in [5.74, 6) is 0.697. The number of nitrogens with zero attached hydrogens (tertiary/aromatic N) is 3. The Bertz CT molecular complexity index is 567. The number of hydrogen-bond donors (Lipinski definition) is 0. The number of allylic oxidation sites excluding steroid dienone is 1. The maximum absolute atomic E-state index is 11.7. The van der Waals surface area contributed by atoms with E-state index < -0.39 is 0 Å². The second-order valence-corrected chi connectivity index (χ2v) is 4.63. The molecule has 0 unspecified atom stereocenters. The first-order valence-corrected chi connectivity index (χ1v) is 6.09. The molecule has 0 aliphatic rings. The average Bonchev–Trinajstić information content (AvgIpc) is 2.91. The maximum atomic E-state index is 11.7. The second-order valence-electron chi connectivity index (χ2n) is 3.73. The lowest BCUT2D eigenvalue weighted by Crippen LogP contribution is -1.96. The van der Waals surface area contributed by atoms with Crippen LogP contribution in [0.15, 0.2) is 17.7 Å². The lowest BCUT2D eigenvalue weighted by molar-refractivity contribution is 0.104. The lowest BCUT2D eigenvalue weighted by atomic mass is 10.3. The predicted octanol–water partition coefficient (Wildman–Crippen LogP) is 2.39. The SMILES string of the molecule is Cc1nc(C=CC(=O)c2nccs2)n(C)c1C. The highest BCUT2D eigenvalue weighted by molar-refractivity contribution is 7.11. The van der Waals surface area contributed by atoms with E-state index in [9.17, 15) is 4.79 Å².